The standard InChI is InChI=1S/C13H11F3N2/c14-7-5-8(15)13-10(11(7)16)12(17)6-3-1-2-4-9(6)18-13/h5H,1-4H2,(H2,17,18). The molecular formula is C13H11F3N2. The zero-order valence-electron chi connectivity index (χ0n) is 9.56. The Balaban J connectivity index is 2.46. The molecule has 2 N–H and O–H groups in total. The average Bonchev–Trinajstić information content (AvgIpc) is 2.36. The summed E-state index contributed by atoms with van der Waals surface area (Å²) in [5.74, 6) is -3.22. The van der Waals surface area contributed by atoms with Crippen LogP contribution in [0.2, 0.25) is 0 Å². The van der Waals surface area contributed by atoms with Crippen LogP contribution in [-0.4, -0.2) is 4.98 Å². The number of rotatable bonds is 0. The van der Waals surface area contributed by atoms with E-state index in [0.29, 0.717) is 24.6 Å². The fraction of sp³-hybridized carbons (Fsp3) is 0.308. The fourth-order valence-electron chi connectivity index (χ4n) is 2.53. The SMILES string of the molecule is Nc1c2c(nc3c(F)cc(F)c(F)c13)CCCC2. The number of halogens is 3. The lowest BCUT2D eigenvalue weighted by Gasteiger charge is -2.19. The van der Waals surface area contributed by atoms with Gasteiger partial charge in [-0.3, -0.25) is 0 Å². The van der Waals surface area contributed by atoms with Crippen molar-refractivity contribution in [3.63, 3.8) is 0 Å². The molecule has 2 aromatic rings. The van der Waals surface area contributed by atoms with Crippen molar-refractivity contribution >= 4 is 16.6 Å². The lowest BCUT2D eigenvalue weighted by Crippen LogP contribution is -2.11. The highest BCUT2D eigenvalue weighted by molar-refractivity contribution is 5.93. The molecule has 0 atom stereocenters. The Morgan fingerprint density at radius 1 is 1.06 bits per heavy atom. The van der Waals surface area contributed by atoms with Crippen molar-refractivity contribution in [1.29, 1.82) is 0 Å². The normalized spacial score (nSPS) is 14.8. The van der Waals surface area contributed by atoms with Crippen LogP contribution in [0.4, 0.5) is 18.9 Å². The molecule has 18 heavy (non-hydrogen) atoms. The summed E-state index contributed by atoms with van der Waals surface area (Å²) in [7, 11) is 0. The van der Waals surface area contributed by atoms with Crippen LogP contribution in [0.15, 0.2) is 6.07 Å². The summed E-state index contributed by atoms with van der Waals surface area (Å²) in [6, 6.07) is 0.513. The zero-order chi connectivity index (χ0) is 12.9. The minimum absolute atomic E-state index is 0.130. The predicted octanol–water partition coefficient (Wildman–Crippen LogP) is 3.11. The van der Waals surface area contributed by atoms with Gasteiger partial charge in [-0.15, -0.1) is 0 Å². The van der Waals surface area contributed by atoms with Gasteiger partial charge >= 0.3 is 0 Å². The van der Waals surface area contributed by atoms with Crippen LogP contribution in [0.3, 0.4) is 0 Å². The van der Waals surface area contributed by atoms with Crippen molar-refractivity contribution in [3.8, 4) is 0 Å². The van der Waals surface area contributed by atoms with E-state index in [1.807, 2.05) is 0 Å². The molecule has 0 fully saturated rings. The highest BCUT2D eigenvalue weighted by Crippen LogP contribution is 2.34. The van der Waals surface area contributed by atoms with Crippen molar-refractivity contribution in [2.45, 2.75) is 25.7 Å². The molecule has 2 nitrogen and oxygen atoms in total. The van der Waals surface area contributed by atoms with Crippen molar-refractivity contribution < 1.29 is 13.2 Å². The average molecular weight is 252 g/mol. The third-order valence-electron chi connectivity index (χ3n) is 3.43. The number of anilines is 1. The van der Waals surface area contributed by atoms with Crippen LogP contribution in [0, 0.1) is 17.5 Å². The summed E-state index contributed by atoms with van der Waals surface area (Å²) >= 11 is 0. The number of hydrogen-bond acceptors (Lipinski definition) is 2. The minimum atomic E-state index is -1.23. The number of hydrogen-bond donors (Lipinski definition) is 1. The molecular weight excluding hydrogens is 241 g/mol. The molecule has 0 saturated carbocycles. The number of benzene rings is 1. The van der Waals surface area contributed by atoms with E-state index >= 15 is 0 Å². The summed E-state index contributed by atoms with van der Waals surface area (Å²) in [5.41, 5.74) is 7.26. The van der Waals surface area contributed by atoms with Gasteiger partial charge in [0.1, 0.15) is 5.52 Å². The summed E-state index contributed by atoms with van der Waals surface area (Å²) in [4.78, 5) is 4.12. The van der Waals surface area contributed by atoms with E-state index in [1.54, 1.807) is 0 Å². The van der Waals surface area contributed by atoms with Gasteiger partial charge in [0.2, 0.25) is 0 Å². The van der Waals surface area contributed by atoms with Gasteiger partial charge in [0.25, 0.3) is 0 Å². The molecule has 5 heteroatoms. The van der Waals surface area contributed by atoms with Gasteiger partial charge in [-0.1, -0.05) is 0 Å². The van der Waals surface area contributed by atoms with Gasteiger partial charge < -0.3 is 5.73 Å². The van der Waals surface area contributed by atoms with Gasteiger partial charge in [-0.05, 0) is 31.2 Å². The minimum Gasteiger partial charge on any atom is -0.398 e. The molecule has 1 heterocycles. The molecule has 0 saturated heterocycles. The number of nitrogens with zero attached hydrogens (tertiary/aromatic N) is 1. The number of pyridine rings is 1. The van der Waals surface area contributed by atoms with E-state index in [2.05, 4.69) is 4.98 Å². The molecule has 1 aromatic heterocycles. The molecule has 3 rings (SSSR count). The van der Waals surface area contributed by atoms with Crippen LogP contribution in [0.25, 0.3) is 10.9 Å². The molecule has 94 valence electrons. The fourth-order valence-corrected chi connectivity index (χ4v) is 2.53. The lowest BCUT2D eigenvalue weighted by atomic mass is 9.93. The third kappa shape index (κ3) is 1.46. The first-order valence-corrected chi connectivity index (χ1v) is 5.84. The Kier molecular flexibility index (Phi) is 2.43. The molecule has 0 aliphatic heterocycles. The molecule has 1 aliphatic carbocycles. The number of fused-ring (bicyclic) bond motifs is 2. The monoisotopic (exact) mass is 252 g/mol. The van der Waals surface area contributed by atoms with Gasteiger partial charge in [0, 0.05) is 17.4 Å². The molecule has 0 radical (unpaired) electrons. The van der Waals surface area contributed by atoms with Gasteiger partial charge in [-0.25, -0.2) is 18.2 Å². The summed E-state index contributed by atoms with van der Waals surface area (Å²) in [6.07, 6.45) is 3.27. The van der Waals surface area contributed by atoms with E-state index in [1.165, 1.54) is 0 Å². The lowest BCUT2D eigenvalue weighted by molar-refractivity contribution is 0.505. The summed E-state index contributed by atoms with van der Waals surface area (Å²) in [6.45, 7) is 0. The van der Waals surface area contributed by atoms with Gasteiger partial charge in [-0.2, -0.15) is 0 Å². The first kappa shape index (κ1) is 11.3. The Morgan fingerprint density at radius 2 is 1.78 bits per heavy atom. The Morgan fingerprint density at radius 3 is 2.56 bits per heavy atom. The van der Waals surface area contributed by atoms with E-state index in [-0.39, 0.29) is 16.6 Å². The maximum Gasteiger partial charge on any atom is 0.170 e. The smallest absolute Gasteiger partial charge is 0.170 e. The van der Waals surface area contributed by atoms with Crippen LogP contribution in [-0.2, 0) is 12.8 Å². The van der Waals surface area contributed by atoms with E-state index in [9.17, 15) is 13.2 Å². The van der Waals surface area contributed by atoms with Crippen molar-refractivity contribution in [3.05, 3.63) is 34.8 Å². The first-order chi connectivity index (χ1) is 8.59. The summed E-state index contributed by atoms with van der Waals surface area (Å²) in [5, 5.41) is -0.229. The molecule has 0 spiro atoms. The number of nitrogens with two attached hydrogens (primary N) is 1. The quantitative estimate of drug-likeness (QED) is 0.732. The Bertz CT molecular complexity index is 653. The second-order valence-electron chi connectivity index (χ2n) is 4.54. The maximum absolute atomic E-state index is 13.7. The van der Waals surface area contributed by atoms with Crippen molar-refractivity contribution in [2.75, 3.05) is 5.73 Å². The molecule has 0 bridgehead atoms. The van der Waals surface area contributed by atoms with Crippen LogP contribution in [0.1, 0.15) is 24.1 Å². The van der Waals surface area contributed by atoms with Crippen molar-refractivity contribution in [2.24, 2.45) is 0 Å². The maximum atomic E-state index is 13.7. The van der Waals surface area contributed by atoms with E-state index in [0.717, 1.165) is 18.4 Å². The van der Waals surface area contributed by atoms with Gasteiger partial charge in [0.15, 0.2) is 17.5 Å². The predicted molar refractivity (Wildman–Crippen MR) is 62.7 cm³/mol. The van der Waals surface area contributed by atoms with Gasteiger partial charge in [0.05, 0.1) is 5.39 Å². The topological polar surface area (TPSA) is 38.9 Å². The molecule has 1 aromatic carbocycles. The van der Waals surface area contributed by atoms with Crippen LogP contribution >= 0.6 is 0 Å². The van der Waals surface area contributed by atoms with Crippen molar-refractivity contribution in [1.82, 2.24) is 4.98 Å². The molecule has 1 aliphatic rings. The zero-order valence-corrected chi connectivity index (χ0v) is 9.56. The molecule has 0 unspecified atom stereocenters. The second-order valence-corrected chi connectivity index (χ2v) is 4.54. The van der Waals surface area contributed by atoms with Crippen LogP contribution < -0.4 is 5.73 Å². The number of aryl methyl sites for hydroxylation is 1. The Labute approximate surface area is 102 Å². The first-order valence-electron chi connectivity index (χ1n) is 5.84. The Hall–Kier alpha value is -1.78. The highest BCUT2D eigenvalue weighted by atomic mass is 19.2. The summed E-state index contributed by atoms with van der Waals surface area (Å²) < 4.78 is 40.6. The third-order valence-corrected chi connectivity index (χ3v) is 3.43. The largest absolute Gasteiger partial charge is 0.398 e. The highest BCUT2D eigenvalue weighted by Gasteiger charge is 2.22. The number of aromatic nitrogens is 1. The van der Waals surface area contributed by atoms with E-state index in [4.69, 9.17) is 5.73 Å². The number of nitrogen functional groups attached to an aromatic ring is 1. The molecule has 0 amide bonds. The van der Waals surface area contributed by atoms with Crippen LogP contribution in [0.5, 0.6) is 0 Å². The second kappa shape index (κ2) is 3.86. The van der Waals surface area contributed by atoms with E-state index < -0.39 is 17.5 Å².